The molecule has 0 aliphatic rings. The summed E-state index contributed by atoms with van der Waals surface area (Å²) in [6.07, 6.45) is 6.23. The van der Waals surface area contributed by atoms with Crippen LogP contribution in [0.15, 0.2) is 30.3 Å². The first-order valence-electron chi connectivity index (χ1n) is 7.16. The van der Waals surface area contributed by atoms with Gasteiger partial charge >= 0.3 is 0 Å². The molecule has 0 fully saturated rings. The van der Waals surface area contributed by atoms with E-state index in [9.17, 15) is 5.11 Å². The molecule has 20 heavy (non-hydrogen) atoms. The predicted octanol–water partition coefficient (Wildman–Crippen LogP) is 6.24. The maximum atomic E-state index is 10.7. The number of hydrogen-bond acceptors (Lipinski definition) is 1. The Hall–Kier alpha value is 0.0500. The minimum absolute atomic E-state index is 0.604. The summed E-state index contributed by atoms with van der Waals surface area (Å²) in [6, 6.07) is 10.1. The van der Waals surface area contributed by atoms with E-state index in [2.05, 4.69) is 13.8 Å². The van der Waals surface area contributed by atoms with Gasteiger partial charge in [-0.3, -0.25) is 0 Å². The van der Waals surface area contributed by atoms with Gasteiger partial charge in [0, 0.05) is 0 Å². The molecule has 1 nitrogen and oxygen atoms in total. The molecule has 0 amide bonds. The van der Waals surface area contributed by atoms with Crippen LogP contribution in [-0.2, 0) is 5.60 Å². The molecule has 0 saturated carbocycles. The van der Waals surface area contributed by atoms with E-state index < -0.39 is 9.90 Å². The number of alkyl halides is 3. The largest absolute Gasteiger partial charge is 0.385 e. The summed E-state index contributed by atoms with van der Waals surface area (Å²) in [5, 5.41) is 10.7. The smallest absolute Gasteiger partial charge is 0.180 e. The van der Waals surface area contributed by atoms with E-state index in [-0.39, 0.29) is 0 Å². The van der Waals surface area contributed by atoms with Gasteiger partial charge in [-0.1, -0.05) is 105 Å². The molecule has 0 saturated heterocycles. The van der Waals surface area contributed by atoms with E-state index in [0.717, 1.165) is 44.1 Å². The van der Waals surface area contributed by atoms with Gasteiger partial charge in [0.25, 0.3) is 0 Å². The maximum absolute atomic E-state index is 10.7. The van der Waals surface area contributed by atoms with E-state index in [4.69, 9.17) is 34.8 Å². The molecule has 0 aliphatic carbocycles. The van der Waals surface area contributed by atoms with Gasteiger partial charge in [-0.25, -0.2) is 0 Å². The van der Waals surface area contributed by atoms with Gasteiger partial charge in [0.15, 0.2) is 4.30 Å². The Labute approximate surface area is 138 Å². The fourth-order valence-electron chi connectivity index (χ4n) is 2.10. The van der Waals surface area contributed by atoms with Crippen molar-refractivity contribution in [3.8, 4) is 0 Å². The third-order valence-electron chi connectivity index (χ3n) is 3.20. The van der Waals surface area contributed by atoms with Crippen molar-refractivity contribution in [1.82, 2.24) is 0 Å². The summed E-state index contributed by atoms with van der Waals surface area (Å²) in [5.74, 6) is 0. The zero-order chi connectivity index (χ0) is 15.4. The first-order valence-corrected chi connectivity index (χ1v) is 8.47. The van der Waals surface area contributed by atoms with Crippen LogP contribution in [0.3, 0.4) is 0 Å². The van der Waals surface area contributed by atoms with Crippen LogP contribution in [0, 0.1) is 0 Å². The molecule has 1 N–H and O–H groups in total. The highest BCUT2D eigenvalue weighted by molar-refractivity contribution is 6.63. The molecular formula is C16H25Cl3O. The van der Waals surface area contributed by atoms with Crippen LogP contribution in [0.2, 0.25) is 0 Å². The van der Waals surface area contributed by atoms with Crippen LogP contribution in [0.25, 0.3) is 0 Å². The third kappa shape index (κ3) is 9.07. The molecule has 1 aromatic carbocycles. The van der Waals surface area contributed by atoms with Crippen molar-refractivity contribution < 1.29 is 5.11 Å². The molecule has 116 valence electrons. The number of unbranched alkanes of at least 4 members (excludes halogenated alkanes) is 2. The summed E-state index contributed by atoms with van der Waals surface area (Å²) in [5.41, 5.74) is 0.477. The van der Waals surface area contributed by atoms with Crippen LogP contribution in [0.1, 0.15) is 57.9 Å². The molecule has 1 rings (SSSR count). The number of benzene rings is 1. The van der Waals surface area contributed by atoms with Crippen LogP contribution in [0.5, 0.6) is 0 Å². The molecule has 0 atom stereocenters. The lowest BCUT2D eigenvalue weighted by atomic mass is 9.84. The lowest BCUT2D eigenvalue weighted by Gasteiger charge is -2.28. The van der Waals surface area contributed by atoms with E-state index in [1.165, 1.54) is 0 Å². The number of aliphatic hydroxyl groups is 1. The van der Waals surface area contributed by atoms with Crippen molar-refractivity contribution in [1.29, 1.82) is 0 Å². The highest BCUT2D eigenvalue weighted by Crippen LogP contribution is 2.32. The average Bonchev–Trinajstić information content (AvgIpc) is 2.43. The van der Waals surface area contributed by atoms with Crippen LogP contribution in [-0.4, -0.2) is 9.40 Å². The summed E-state index contributed by atoms with van der Waals surface area (Å²) in [7, 11) is 0. The molecule has 0 spiro atoms. The standard InChI is InChI=1S/C15H24O.CHCl3/c1-3-5-12-15(16,13-6-4-2)14-10-8-7-9-11-14;2-1(3)4/h7-11,16H,3-6,12-13H2,1-2H3;1H. The second-order valence-electron chi connectivity index (χ2n) is 4.85. The van der Waals surface area contributed by atoms with E-state index in [1.54, 1.807) is 0 Å². The van der Waals surface area contributed by atoms with Crippen LogP contribution < -0.4 is 0 Å². The second kappa shape index (κ2) is 11.7. The Balaban J connectivity index is 0.000000796. The molecule has 0 bridgehead atoms. The second-order valence-corrected chi connectivity index (χ2v) is 6.83. The van der Waals surface area contributed by atoms with Gasteiger partial charge in [0.2, 0.25) is 0 Å². The highest BCUT2D eigenvalue weighted by atomic mass is 35.6. The molecule has 1 aromatic rings. The molecular weight excluding hydrogens is 315 g/mol. The fraction of sp³-hybridized carbons (Fsp3) is 0.625. The van der Waals surface area contributed by atoms with Gasteiger partial charge in [0.05, 0.1) is 5.60 Å². The Kier molecular flexibility index (Phi) is 11.7. The van der Waals surface area contributed by atoms with Crippen molar-refractivity contribution in [3.05, 3.63) is 35.9 Å². The lowest BCUT2D eigenvalue weighted by Crippen LogP contribution is -2.25. The minimum atomic E-state index is -0.750. The van der Waals surface area contributed by atoms with Crippen LogP contribution in [0.4, 0.5) is 0 Å². The van der Waals surface area contributed by atoms with Crippen molar-refractivity contribution in [2.75, 3.05) is 0 Å². The van der Waals surface area contributed by atoms with Crippen molar-refractivity contribution in [2.45, 2.75) is 62.3 Å². The molecule has 0 radical (unpaired) electrons. The summed E-state index contributed by atoms with van der Waals surface area (Å²) < 4.78 is -0.750. The van der Waals surface area contributed by atoms with Gasteiger partial charge in [-0.15, -0.1) is 0 Å². The van der Waals surface area contributed by atoms with Gasteiger partial charge in [-0.05, 0) is 18.4 Å². The minimum Gasteiger partial charge on any atom is -0.385 e. The zero-order valence-corrected chi connectivity index (χ0v) is 14.6. The van der Waals surface area contributed by atoms with Crippen LogP contribution >= 0.6 is 34.8 Å². The number of halogens is 3. The number of rotatable bonds is 7. The Bertz CT molecular complexity index is 317. The number of hydrogen-bond donors (Lipinski definition) is 1. The molecule has 0 aliphatic heterocycles. The monoisotopic (exact) mass is 338 g/mol. The zero-order valence-electron chi connectivity index (χ0n) is 12.3. The first-order chi connectivity index (χ1) is 9.46. The third-order valence-corrected chi connectivity index (χ3v) is 3.20. The van der Waals surface area contributed by atoms with E-state index in [0.29, 0.717) is 0 Å². The Morgan fingerprint density at radius 1 is 0.950 bits per heavy atom. The topological polar surface area (TPSA) is 20.2 Å². The quantitative estimate of drug-likeness (QED) is 0.583. The lowest BCUT2D eigenvalue weighted by molar-refractivity contribution is 0.0141. The SMILES string of the molecule is CCCCC(O)(CCCC)c1ccccc1.ClC(Cl)Cl. The molecule has 0 aromatic heterocycles. The molecule has 0 unspecified atom stereocenters. The van der Waals surface area contributed by atoms with Crippen molar-refractivity contribution in [2.24, 2.45) is 0 Å². The fourth-order valence-corrected chi connectivity index (χ4v) is 2.10. The first kappa shape index (κ1) is 20.1. The van der Waals surface area contributed by atoms with Gasteiger partial charge in [-0.2, -0.15) is 0 Å². The van der Waals surface area contributed by atoms with Crippen molar-refractivity contribution >= 4 is 34.8 Å². The molecule has 0 heterocycles. The van der Waals surface area contributed by atoms with E-state index in [1.807, 2.05) is 30.3 Å². The summed E-state index contributed by atoms with van der Waals surface area (Å²) in [4.78, 5) is 0. The Morgan fingerprint density at radius 2 is 1.35 bits per heavy atom. The normalized spacial score (nSPS) is 11.2. The predicted molar refractivity (Wildman–Crippen MR) is 90.7 cm³/mol. The molecule has 4 heteroatoms. The van der Waals surface area contributed by atoms with Crippen molar-refractivity contribution in [3.63, 3.8) is 0 Å². The van der Waals surface area contributed by atoms with E-state index >= 15 is 0 Å². The summed E-state index contributed by atoms with van der Waals surface area (Å²) >= 11 is 14.4. The van der Waals surface area contributed by atoms with Gasteiger partial charge < -0.3 is 5.11 Å². The van der Waals surface area contributed by atoms with Gasteiger partial charge in [0.1, 0.15) is 0 Å². The average molecular weight is 340 g/mol. The summed E-state index contributed by atoms with van der Waals surface area (Å²) in [6.45, 7) is 4.34. The highest BCUT2D eigenvalue weighted by Gasteiger charge is 2.27. The Morgan fingerprint density at radius 3 is 1.70 bits per heavy atom. The maximum Gasteiger partial charge on any atom is 0.180 e.